The fourth-order valence-corrected chi connectivity index (χ4v) is 2.79. The van der Waals surface area contributed by atoms with Crippen LogP contribution in [0.25, 0.3) is 0 Å². The van der Waals surface area contributed by atoms with Crippen LogP contribution in [0.2, 0.25) is 5.02 Å². The molecule has 4 nitrogen and oxygen atoms in total. The van der Waals surface area contributed by atoms with Crippen LogP contribution in [0.15, 0.2) is 18.2 Å². The molecule has 0 spiro atoms. The number of carbonyl (C=O) groups is 2. The SMILES string of the molecule is CC1CCC(C(=O)Nc2cc(Cl)cc(C(=O)O)c2)CC1. The maximum Gasteiger partial charge on any atom is 0.335 e. The van der Waals surface area contributed by atoms with Crippen molar-refractivity contribution >= 4 is 29.2 Å². The third-order valence-corrected chi connectivity index (χ3v) is 4.02. The molecule has 0 unspecified atom stereocenters. The van der Waals surface area contributed by atoms with Crippen LogP contribution in [0, 0.1) is 11.8 Å². The normalized spacial score (nSPS) is 22.3. The monoisotopic (exact) mass is 295 g/mol. The summed E-state index contributed by atoms with van der Waals surface area (Å²) >= 11 is 5.87. The van der Waals surface area contributed by atoms with Gasteiger partial charge >= 0.3 is 5.97 Å². The van der Waals surface area contributed by atoms with Crippen molar-refractivity contribution in [2.75, 3.05) is 5.32 Å². The van der Waals surface area contributed by atoms with Gasteiger partial charge in [-0.15, -0.1) is 0 Å². The highest BCUT2D eigenvalue weighted by molar-refractivity contribution is 6.31. The number of hydrogen-bond acceptors (Lipinski definition) is 2. The maximum absolute atomic E-state index is 12.2. The number of hydrogen-bond donors (Lipinski definition) is 2. The number of rotatable bonds is 3. The predicted octanol–water partition coefficient (Wildman–Crippen LogP) is 3.80. The molecule has 1 aromatic carbocycles. The molecule has 0 atom stereocenters. The van der Waals surface area contributed by atoms with E-state index < -0.39 is 5.97 Å². The van der Waals surface area contributed by atoms with E-state index >= 15 is 0 Å². The molecule has 0 saturated heterocycles. The molecule has 2 N–H and O–H groups in total. The number of carboxylic acid groups (broad SMARTS) is 1. The lowest BCUT2D eigenvalue weighted by Gasteiger charge is -2.25. The van der Waals surface area contributed by atoms with E-state index in [9.17, 15) is 9.59 Å². The summed E-state index contributed by atoms with van der Waals surface area (Å²) in [6.07, 6.45) is 3.90. The fourth-order valence-electron chi connectivity index (χ4n) is 2.55. The lowest BCUT2D eigenvalue weighted by molar-refractivity contribution is -0.121. The van der Waals surface area contributed by atoms with Gasteiger partial charge in [0, 0.05) is 16.6 Å². The molecule has 1 aromatic rings. The summed E-state index contributed by atoms with van der Waals surface area (Å²) in [5.74, 6) is -0.410. The molecule has 1 fully saturated rings. The highest BCUT2D eigenvalue weighted by atomic mass is 35.5. The van der Waals surface area contributed by atoms with E-state index in [-0.39, 0.29) is 17.4 Å². The zero-order valence-corrected chi connectivity index (χ0v) is 12.1. The zero-order chi connectivity index (χ0) is 14.7. The first kappa shape index (κ1) is 14.9. The van der Waals surface area contributed by atoms with Gasteiger partial charge in [0.25, 0.3) is 0 Å². The summed E-state index contributed by atoms with van der Waals surface area (Å²) in [7, 11) is 0. The first-order valence-electron chi connectivity index (χ1n) is 6.80. The van der Waals surface area contributed by atoms with Crippen LogP contribution in [-0.4, -0.2) is 17.0 Å². The van der Waals surface area contributed by atoms with Crippen LogP contribution in [0.3, 0.4) is 0 Å². The molecule has 0 bridgehead atoms. The van der Waals surface area contributed by atoms with Gasteiger partial charge in [0.1, 0.15) is 0 Å². The minimum atomic E-state index is -1.06. The Kier molecular flexibility index (Phi) is 4.65. The third-order valence-electron chi connectivity index (χ3n) is 3.80. The number of carbonyl (C=O) groups excluding carboxylic acids is 1. The Morgan fingerprint density at radius 2 is 1.85 bits per heavy atom. The highest BCUT2D eigenvalue weighted by Crippen LogP contribution is 2.29. The largest absolute Gasteiger partial charge is 0.478 e. The van der Waals surface area contributed by atoms with Crippen LogP contribution in [0.4, 0.5) is 5.69 Å². The van der Waals surface area contributed by atoms with Crippen molar-refractivity contribution < 1.29 is 14.7 Å². The van der Waals surface area contributed by atoms with E-state index in [1.54, 1.807) is 6.07 Å². The van der Waals surface area contributed by atoms with E-state index in [0.717, 1.165) is 25.7 Å². The van der Waals surface area contributed by atoms with E-state index in [1.165, 1.54) is 12.1 Å². The quantitative estimate of drug-likeness (QED) is 0.891. The zero-order valence-electron chi connectivity index (χ0n) is 11.4. The number of benzene rings is 1. The smallest absolute Gasteiger partial charge is 0.335 e. The van der Waals surface area contributed by atoms with Gasteiger partial charge in [0.05, 0.1) is 5.56 Å². The van der Waals surface area contributed by atoms with Crippen molar-refractivity contribution in [1.29, 1.82) is 0 Å². The lowest BCUT2D eigenvalue weighted by atomic mass is 9.82. The van der Waals surface area contributed by atoms with Crippen molar-refractivity contribution in [3.8, 4) is 0 Å². The highest BCUT2D eigenvalue weighted by Gasteiger charge is 2.24. The van der Waals surface area contributed by atoms with Gasteiger partial charge in [0.2, 0.25) is 5.91 Å². The maximum atomic E-state index is 12.2. The Morgan fingerprint density at radius 3 is 2.45 bits per heavy atom. The summed E-state index contributed by atoms with van der Waals surface area (Å²) in [5.41, 5.74) is 0.517. The van der Waals surface area contributed by atoms with Crippen molar-refractivity contribution in [2.24, 2.45) is 11.8 Å². The molecule has 0 heterocycles. The van der Waals surface area contributed by atoms with Crippen molar-refractivity contribution in [1.82, 2.24) is 0 Å². The van der Waals surface area contributed by atoms with E-state index in [0.29, 0.717) is 16.6 Å². The van der Waals surface area contributed by atoms with Gasteiger partial charge in [-0.1, -0.05) is 18.5 Å². The van der Waals surface area contributed by atoms with Crippen molar-refractivity contribution in [3.05, 3.63) is 28.8 Å². The van der Waals surface area contributed by atoms with Gasteiger partial charge in [0.15, 0.2) is 0 Å². The summed E-state index contributed by atoms with van der Waals surface area (Å²) in [6.45, 7) is 2.20. The van der Waals surface area contributed by atoms with Crippen LogP contribution in [0.5, 0.6) is 0 Å². The summed E-state index contributed by atoms with van der Waals surface area (Å²) in [4.78, 5) is 23.1. The molecule has 1 saturated carbocycles. The molecule has 0 radical (unpaired) electrons. The topological polar surface area (TPSA) is 66.4 Å². The van der Waals surface area contributed by atoms with E-state index in [1.807, 2.05) is 0 Å². The van der Waals surface area contributed by atoms with Gasteiger partial charge in [-0.25, -0.2) is 4.79 Å². The molecule has 108 valence electrons. The lowest BCUT2D eigenvalue weighted by Crippen LogP contribution is -2.26. The van der Waals surface area contributed by atoms with Gasteiger partial charge < -0.3 is 10.4 Å². The van der Waals surface area contributed by atoms with Gasteiger partial charge in [-0.05, 0) is 49.8 Å². The molecule has 2 rings (SSSR count). The Balaban J connectivity index is 2.06. The van der Waals surface area contributed by atoms with Crippen molar-refractivity contribution in [3.63, 3.8) is 0 Å². The molecule has 1 aliphatic carbocycles. The molecule has 5 heteroatoms. The molecular formula is C15H18ClNO3. The number of aromatic carboxylic acids is 1. The first-order chi connectivity index (χ1) is 9.45. The van der Waals surface area contributed by atoms with Gasteiger partial charge in [-0.2, -0.15) is 0 Å². The Morgan fingerprint density at radius 1 is 1.20 bits per heavy atom. The minimum absolute atomic E-state index is 0.0125. The third kappa shape index (κ3) is 3.73. The Bertz CT molecular complexity index is 522. The summed E-state index contributed by atoms with van der Waals surface area (Å²) in [5, 5.41) is 12.1. The second-order valence-electron chi connectivity index (χ2n) is 5.48. The van der Waals surface area contributed by atoms with E-state index in [2.05, 4.69) is 12.2 Å². The molecule has 1 aliphatic rings. The minimum Gasteiger partial charge on any atom is -0.478 e. The van der Waals surface area contributed by atoms with Crippen LogP contribution in [-0.2, 0) is 4.79 Å². The summed E-state index contributed by atoms with van der Waals surface area (Å²) < 4.78 is 0. The standard InChI is InChI=1S/C15H18ClNO3/c1-9-2-4-10(5-3-9)14(18)17-13-7-11(15(19)20)6-12(16)8-13/h6-10H,2-5H2,1H3,(H,17,18)(H,19,20). The summed E-state index contributed by atoms with van der Waals surface area (Å²) in [6, 6.07) is 4.36. The molecule has 0 aromatic heterocycles. The molecule has 0 aliphatic heterocycles. The second kappa shape index (κ2) is 6.27. The average molecular weight is 296 g/mol. The van der Waals surface area contributed by atoms with Crippen LogP contribution >= 0.6 is 11.6 Å². The number of anilines is 1. The van der Waals surface area contributed by atoms with Crippen LogP contribution < -0.4 is 5.32 Å². The van der Waals surface area contributed by atoms with Crippen molar-refractivity contribution in [2.45, 2.75) is 32.6 Å². The Labute approximate surface area is 123 Å². The first-order valence-corrected chi connectivity index (χ1v) is 7.18. The van der Waals surface area contributed by atoms with Crippen LogP contribution in [0.1, 0.15) is 43.0 Å². The van der Waals surface area contributed by atoms with Gasteiger partial charge in [-0.3, -0.25) is 4.79 Å². The number of amides is 1. The molecule has 1 amide bonds. The molecular weight excluding hydrogens is 278 g/mol. The second-order valence-corrected chi connectivity index (χ2v) is 5.92. The number of halogens is 1. The Hall–Kier alpha value is -1.55. The fraction of sp³-hybridized carbons (Fsp3) is 0.467. The molecule has 20 heavy (non-hydrogen) atoms. The number of nitrogens with one attached hydrogen (secondary N) is 1. The van der Waals surface area contributed by atoms with E-state index in [4.69, 9.17) is 16.7 Å². The predicted molar refractivity (Wildman–Crippen MR) is 78.2 cm³/mol. The average Bonchev–Trinajstić information content (AvgIpc) is 2.38. The number of carboxylic acids is 1.